The quantitative estimate of drug-likeness (QED) is 0.704. The lowest BCUT2D eigenvalue weighted by Gasteiger charge is -2.19. The number of thioether (sulfide) groups is 1. The van der Waals surface area contributed by atoms with Crippen molar-refractivity contribution in [3.8, 4) is 11.4 Å². The fraction of sp³-hybridized carbons (Fsp3) is 0.526. The molecule has 0 radical (unpaired) electrons. The Morgan fingerprint density at radius 2 is 1.88 bits per heavy atom. The Balaban J connectivity index is 1.52. The zero-order chi connectivity index (χ0) is 17.2. The highest BCUT2D eigenvalue weighted by atomic mass is 32.2. The zero-order valence-electron chi connectivity index (χ0n) is 14.2. The summed E-state index contributed by atoms with van der Waals surface area (Å²) in [5, 5.41) is 9.25. The molecule has 0 atom stereocenters. The molecule has 1 heterocycles. The molecule has 0 amide bonds. The molecule has 1 aromatic heterocycles. The van der Waals surface area contributed by atoms with E-state index in [1.165, 1.54) is 24.2 Å². The maximum absolute atomic E-state index is 14.2. The van der Waals surface area contributed by atoms with Crippen molar-refractivity contribution in [3.05, 3.63) is 30.1 Å². The third-order valence-electron chi connectivity index (χ3n) is 5.10. The van der Waals surface area contributed by atoms with Crippen molar-refractivity contribution in [1.29, 1.82) is 0 Å². The molecule has 1 aromatic carbocycles. The number of rotatable bonds is 6. The summed E-state index contributed by atoms with van der Waals surface area (Å²) in [6.07, 6.45) is 7.74. The molecule has 0 N–H and O–H groups in total. The fourth-order valence-corrected chi connectivity index (χ4v) is 4.52. The van der Waals surface area contributed by atoms with Gasteiger partial charge in [0.05, 0.1) is 11.3 Å². The number of benzene rings is 1. The number of hydrogen-bond acceptors (Lipinski definition) is 4. The van der Waals surface area contributed by atoms with E-state index in [1.54, 1.807) is 12.1 Å². The molecule has 6 heteroatoms. The van der Waals surface area contributed by atoms with Crippen LogP contribution in [0.15, 0.2) is 29.4 Å². The average Bonchev–Trinajstić information content (AvgIpc) is 3.40. The SMILES string of the molecule is O=C(CSc1nnc(-c2ccccc2F)n1C1CC1)C1CCCCC1. The van der Waals surface area contributed by atoms with Crippen LogP contribution in [-0.2, 0) is 4.79 Å². The van der Waals surface area contributed by atoms with Crippen molar-refractivity contribution in [2.75, 3.05) is 5.75 Å². The standard InChI is InChI=1S/C19H22FN3OS/c20-16-9-5-4-8-15(16)18-21-22-19(23(18)14-10-11-14)25-12-17(24)13-6-2-1-3-7-13/h4-5,8-9,13-14H,1-3,6-7,10-12H2. The van der Waals surface area contributed by atoms with Crippen molar-refractivity contribution in [1.82, 2.24) is 14.8 Å². The highest BCUT2D eigenvalue weighted by molar-refractivity contribution is 7.99. The van der Waals surface area contributed by atoms with E-state index in [9.17, 15) is 9.18 Å². The van der Waals surface area contributed by atoms with Crippen molar-refractivity contribution in [3.63, 3.8) is 0 Å². The van der Waals surface area contributed by atoms with E-state index in [0.717, 1.165) is 43.7 Å². The molecule has 2 aliphatic carbocycles. The molecule has 0 aliphatic heterocycles. The average molecular weight is 359 g/mol. The smallest absolute Gasteiger partial charge is 0.192 e. The van der Waals surface area contributed by atoms with Crippen LogP contribution in [0.5, 0.6) is 0 Å². The van der Waals surface area contributed by atoms with Crippen molar-refractivity contribution in [2.45, 2.75) is 56.1 Å². The molecule has 0 unspecified atom stereocenters. The normalized spacial score (nSPS) is 18.4. The Morgan fingerprint density at radius 1 is 1.12 bits per heavy atom. The first-order valence-corrected chi connectivity index (χ1v) is 10.1. The van der Waals surface area contributed by atoms with Crippen LogP contribution < -0.4 is 0 Å². The Bertz CT molecular complexity index is 766. The van der Waals surface area contributed by atoms with Gasteiger partial charge in [0.25, 0.3) is 0 Å². The molecule has 0 saturated heterocycles. The maximum Gasteiger partial charge on any atom is 0.192 e. The van der Waals surface area contributed by atoms with Gasteiger partial charge < -0.3 is 0 Å². The summed E-state index contributed by atoms with van der Waals surface area (Å²) < 4.78 is 16.2. The Hall–Kier alpha value is -1.69. The first-order valence-electron chi connectivity index (χ1n) is 9.09. The molecule has 2 saturated carbocycles. The van der Waals surface area contributed by atoms with E-state index < -0.39 is 0 Å². The predicted octanol–water partition coefficient (Wildman–Crippen LogP) is 4.66. The van der Waals surface area contributed by atoms with E-state index >= 15 is 0 Å². The van der Waals surface area contributed by atoms with Gasteiger partial charge in [-0.05, 0) is 37.8 Å². The third-order valence-corrected chi connectivity index (χ3v) is 6.06. The number of Topliss-reactive ketones (excluding diaryl/α,β-unsaturated/α-hetero) is 1. The summed E-state index contributed by atoms with van der Waals surface area (Å²) in [6.45, 7) is 0. The van der Waals surface area contributed by atoms with Gasteiger partial charge in [-0.25, -0.2) is 4.39 Å². The summed E-state index contributed by atoms with van der Waals surface area (Å²) in [5.41, 5.74) is 0.479. The molecular formula is C19H22FN3OS. The molecule has 25 heavy (non-hydrogen) atoms. The Labute approximate surface area is 151 Å². The summed E-state index contributed by atoms with van der Waals surface area (Å²) in [4.78, 5) is 12.5. The van der Waals surface area contributed by atoms with Crippen LogP contribution in [0.1, 0.15) is 51.0 Å². The second-order valence-electron chi connectivity index (χ2n) is 6.98. The molecule has 0 bridgehead atoms. The van der Waals surface area contributed by atoms with Gasteiger partial charge in [0.15, 0.2) is 11.0 Å². The van der Waals surface area contributed by atoms with Crippen LogP contribution in [0.4, 0.5) is 4.39 Å². The summed E-state index contributed by atoms with van der Waals surface area (Å²) >= 11 is 1.46. The molecule has 2 fully saturated rings. The van der Waals surface area contributed by atoms with Gasteiger partial charge in [-0.1, -0.05) is 43.2 Å². The van der Waals surface area contributed by atoms with E-state index in [-0.39, 0.29) is 11.7 Å². The molecule has 132 valence electrons. The van der Waals surface area contributed by atoms with Gasteiger partial charge in [0, 0.05) is 12.0 Å². The second-order valence-corrected chi connectivity index (χ2v) is 7.92. The number of ketones is 1. The minimum atomic E-state index is -0.286. The monoisotopic (exact) mass is 359 g/mol. The van der Waals surface area contributed by atoms with Crippen LogP contribution in [0, 0.1) is 11.7 Å². The first kappa shape index (κ1) is 16.8. The van der Waals surface area contributed by atoms with E-state index in [2.05, 4.69) is 10.2 Å². The Morgan fingerprint density at radius 3 is 2.60 bits per heavy atom. The van der Waals surface area contributed by atoms with Gasteiger partial charge in [-0.2, -0.15) is 0 Å². The predicted molar refractivity (Wildman–Crippen MR) is 96.0 cm³/mol. The van der Waals surface area contributed by atoms with Gasteiger partial charge in [-0.15, -0.1) is 10.2 Å². The highest BCUT2D eigenvalue weighted by Crippen LogP contribution is 2.41. The largest absolute Gasteiger partial charge is 0.299 e. The molecule has 2 aromatic rings. The lowest BCUT2D eigenvalue weighted by Crippen LogP contribution is -2.19. The second kappa shape index (κ2) is 7.28. The number of halogens is 1. The summed E-state index contributed by atoms with van der Waals surface area (Å²) in [5.74, 6) is 1.26. The highest BCUT2D eigenvalue weighted by Gasteiger charge is 2.31. The van der Waals surface area contributed by atoms with Crippen LogP contribution in [0.2, 0.25) is 0 Å². The molecule has 0 spiro atoms. The van der Waals surface area contributed by atoms with E-state index in [0.29, 0.717) is 29.0 Å². The molecule has 2 aliphatic rings. The zero-order valence-corrected chi connectivity index (χ0v) is 15.0. The van der Waals surface area contributed by atoms with E-state index in [1.807, 2.05) is 10.6 Å². The van der Waals surface area contributed by atoms with Crippen LogP contribution in [-0.4, -0.2) is 26.3 Å². The minimum Gasteiger partial charge on any atom is -0.299 e. The molecule has 4 rings (SSSR count). The number of aromatic nitrogens is 3. The topological polar surface area (TPSA) is 47.8 Å². The van der Waals surface area contributed by atoms with Crippen LogP contribution >= 0.6 is 11.8 Å². The number of hydrogen-bond donors (Lipinski definition) is 0. The first-order chi connectivity index (χ1) is 12.2. The Kier molecular flexibility index (Phi) is 4.88. The van der Waals surface area contributed by atoms with Gasteiger partial charge in [0.2, 0.25) is 0 Å². The lowest BCUT2D eigenvalue weighted by atomic mass is 9.87. The van der Waals surface area contributed by atoms with Gasteiger partial charge >= 0.3 is 0 Å². The maximum atomic E-state index is 14.2. The fourth-order valence-electron chi connectivity index (χ4n) is 3.54. The number of carbonyl (C=O) groups excluding carboxylic acids is 1. The van der Waals surface area contributed by atoms with Crippen molar-refractivity contribution < 1.29 is 9.18 Å². The van der Waals surface area contributed by atoms with Crippen molar-refractivity contribution in [2.24, 2.45) is 5.92 Å². The van der Waals surface area contributed by atoms with Gasteiger partial charge in [-0.3, -0.25) is 9.36 Å². The van der Waals surface area contributed by atoms with Crippen molar-refractivity contribution >= 4 is 17.5 Å². The van der Waals surface area contributed by atoms with Crippen LogP contribution in [0.3, 0.4) is 0 Å². The third kappa shape index (κ3) is 3.64. The van der Waals surface area contributed by atoms with E-state index in [4.69, 9.17) is 0 Å². The van der Waals surface area contributed by atoms with Gasteiger partial charge in [0.1, 0.15) is 11.6 Å². The van der Waals surface area contributed by atoms with Crippen LogP contribution in [0.25, 0.3) is 11.4 Å². The minimum absolute atomic E-state index is 0.213. The summed E-state index contributed by atoms with van der Waals surface area (Å²) in [7, 11) is 0. The number of nitrogens with zero attached hydrogens (tertiary/aromatic N) is 3. The molecule has 4 nitrogen and oxygen atoms in total. The number of carbonyl (C=O) groups is 1. The summed E-state index contributed by atoms with van der Waals surface area (Å²) in [6, 6.07) is 7.00. The lowest BCUT2D eigenvalue weighted by molar-refractivity contribution is -0.121. The molecular weight excluding hydrogens is 337 g/mol.